The van der Waals surface area contributed by atoms with E-state index in [1.54, 1.807) is 42.5 Å². The van der Waals surface area contributed by atoms with E-state index in [4.69, 9.17) is 48.6 Å². The lowest BCUT2D eigenvalue weighted by Crippen LogP contribution is -2.64. The molecule has 0 aromatic heterocycles. The fourth-order valence-electron chi connectivity index (χ4n) is 10.9. The lowest BCUT2D eigenvalue weighted by molar-refractivity contribution is -0.270. The van der Waals surface area contributed by atoms with Crippen molar-refractivity contribution in [3.8, 4) is 5.75 Å². The Morgan fingerprint density at radius 3 is 1.93 bits per heavy atom. The lowest BCUT2D eigenvalue weighted by atomic mass is 9.97. The summed E-state index contributed by atoms with van der Waals surface area (Å²) in [6.07, 6.45) is -2.52. The Morgan fingerprint density at radius 1 is 0.700 bits per heavy atom. The molecule has 5 rings (SSSR count). The molecule has 3 aliphatic heterocycles. The predicted molar refractivity (Wildman–Crippen MR) is 363 cm³/mol. The number of benzene rings is 2. The molecule has 13 atom stereocenters. The van der Waals surface area contributed by atoms with E-state index in [9.17, 15) is 77.6 Å². The van der Waals surface area contributed by atoms with Gasteiger partial charge in [-0.2, -0.15) is 0 Å². The second-order valence-corrected chi connectivity index (χ2v) is 26.8. The third-order valence-corrected chi connectivity index (χ3v) is 18.6. The van der Waals surface area contributed by atoms with Crippen LogP contribution in [0.15, 0.2) is 59.6 Å². The van der Waals surface area contributed by atoms with Crippen molar-refractivity contribution in [3.05, 3.63) is 65.7 Å². The smallest absolute Gasteiger partial charge is 0.311 e. The van der Waals surface area contributed by atoms with Gasteiger partial charge in [-0.1, -0.05) is 89.7 Å². The SMILES string of the molecule is CC(=O)N[C@H]1[C@H](OCCCCCCCCC(=O)Oc2ccc(CC3NC(=O)[C@@H](N)CSSCC(C(=O)N4CCC[C@H]4C(=O)N[C@@H](CCCN=C(N)N)C(=O)NCC(N)=O)NC(=O)[C@H](CC(N)=O)NC(=O)[C@H](CCC(N)=O)NC(=O)C(Cc4ccccc4)NC3=O)cc2)O[C@H](CO)[C@H](O)[C@@H]1O. The minimum atomic E-state index is -1.84. The van der Waals surface area contributed by atoms with E-state index < -0.39 is 188 Å². The van der Waals surface area contributed by atoms with Crippen LogP contribution in [0, 0.1) is 0 Å². The number of aliphatic hydroxyl groups is 3. The fourth-order valence-corrected chi connectivity index (χ4v) is 13.2. The third-order valence-electron chi connectivity index (χ3n) is 16.2. The second-order valence-electron chi connectivity index (χ2n) is 24.2. The maximum Gasteiger partial charge on any atom is 0.311 e. The maximum atomic E-state index is 14.8. The second kappa shape index (κ2) is 42.4. The van der Waals surface area contributed by atoms with Crippen LogP contribution in [0.4, 0.5) is 0 Å². The molecule has 100 heavy (non-hydrogen) atoms. The van der Waals surface area contributed by atoms with Crippen LogP contribution in [0.3, 0.4) is 0 Å². The van der Waals surface area contributed by atoms with Gasteiger partial charge in [0.05, 0.1) is 25.6 Å². The number of esters is 1. The summed E-state index contributed by atoms with van der Waals surface area (Å²) in [6, 6.07) is 1.55. The van der Waals surface area contributed by atoms with Gasteiger partial charge in [0, 0.05) is 63.8 Å². The summed E-state index contributed by atoms with van der Waals surface area (Å²) in [5, 5.41) is 50.7. The monoisotopic (exact) mass is 1440 g/mol. The summed E-state index contributed by atoms with van der Waals surface area (Å²) < 4.78 is 17.0. The molecule has 0 radical (unpaired) electrons. The predicted octanol–water partition coefficient (Wildman–Crippen LogP) is -5.51. The first-order chi connectivity index (χ1) is 47.6. The number of carbonyl (C=O) groups is 13. The molecular formula is C63H94N16O19S2. The molecule has 12 amide bonds. The van der Waals surface area contributed by atoms with Gasteiger partial charge in [0.2, 0.25) is 70.9 Å². The average Bonchev–Trinajstić information content (AvgIpc) is 1.34. The number of rotatable bonds is 32. The number of nitrogens with zero attached hydrogens (tertiary/aromatic N) is 2. The van der Waals surface area contributed by atoms with Crippen molar-refractivity contribution in [2.75, 3.05) is 44.4 Å². The lowest BCUT2D eigenvalue weighted by Gasteiger charge is -2.42. The van der Waals surface area contributed by atoms with Crippen LogP contribution in [0.2, 0.25) is 0 Å². The van der Waals surface area contributed by atoms with Crippen molar-refractivity contribution in [3.63, 3.8) is 0 Å². The van der Waals surface area contributed by atoms with Gasteiger partial charge in [-0.05, 0) is 68.2 Å². The molecule has 2 aromatic carbocycles. The molecule has 35 nitrogen and oxygen atoms in total. The van der Waals surface area contributed by atoms with E-state index in [0.717, 1.165) is 40.9 Å². The van der Waals surface area contributed by atoms with Crippen molar-refractivity contribution in [2.45, 2.75) is 189 Å². The Hall–Kier alpha value is -8.72. The topological polar surface area (TPSA) is 578 Å². The van der Waals surface area contributed by atoms with Crippen molar-refractivity contribution in [1.82, 2.24) is 47.4 Å². The molecule has 23 N–H and O–H groups in total. The van der Waals surface area contributed by atoms with E-state index in [1.165, 1.54) is 24.0 Å². The zero-order valence-electron chi connectivity index (χ0n) is 55.5. The minimum Gasteiger partial charge on any atom is -0.427 e. The van der Waals surface area contributed by atoms with Crippen molar-refractivity contribution >= 4 is 104 Å². The van der Waals surface area contributed by atoms with Gasteiger partial charge in [-0.3, -0.25) is 67.3 Å². The molecule has 3 heterocycles. The van der Waals surface area contributed by atoms with E-state index >= 15 is 0 Å². The highest BCUT2D eigenvalue weighted by Crippen LogP contribution is 2.27. The number of hydrogen-bond donors (Lipinski definition) is 17. The van der Waals surface area contributed by atoms with Crippen LogP contribution in [0.25, 0.3) is 0 Å². The number of nitrogens with two attached hydrogens (primary N) is 6. The summed E-state index contributed by atoms with van der Waals surface area (Å²) in [7, 11) is 1.94. The van der Waals surface area contributed by atoms with Gasteiger partial charge in [0.1, 0.15) is 72.4 Å². The molecule has 3 aliphatic rings. The van der Waals surface area contributed by atoms with Crippen molar-refractivity contribution < 1.29 is 91.9 Å². The number of primary amides is 3. The number of aliphatic hydroxyl groups excluding tert-OH is 3. The number of carbonyl (C=O) groups excluding carboxylic acids is 13. The summed E-state index contributed by atoms with van der Waals surface area (Å²) in [5.41, 5.74) is 34.7. The standard InChI is InChI=1S/C63H94N16O19S2/c1-34(81)72-51-53(87)52(86)46(31-80)98-62(51)96-26-10-5-3-2-4-9-17-50(85)97-37-20-18-36(19-21-37)28-41-58(92)76-42(27-35-13-7-6-8-14-35)57(91)73-40(22-23-47(65)82)56(90)77-43(29-48(66)83)59(93)78-44(33-100-99-32-38(64)54(88)75-41)61(95)79-25-12-16-45(79)60(94)74-39(15-11-24-70-63(68)69)55(89)71-30-49(67)84/h6-8,13-14,18-21,38-46,51-53,62,80,86-87H,2-5,9-12,15-17,22-33,64H2,1H3,(H2,65,82)(H2,66,83)(H2,67,84)(H,71,89)(H,72,81)(H,73,91)(H,74,94)(H,75,88)(H,76,92)(H,77,90)(H,78,93)(H4,68,69,70)/t38-,39-,40-,41?,42?,43-,44?,45-,46+,51+,52-,53+,62+/m0/s1. The number of aliphatic imine (C=N–C) groups is 1. The summed E-state index contributed by atoms with van der Waals surface area (Å²) in [6.45, 7) is 0.379. The summed E-state index contributed by atoms with van der Waals surface area (Å²) >= 11 is 0. The maximum absolute atomic E-state index is 14.8. The minimum absolute atomic E-state index is 0.0220. The van der Waals surface area contributed by atoms with Crippen LogP contribution in [-0.2, 0) is 84.6 Å². The molecule has 0 bridgehead atoms. The number of ether oxygens (including phenoxy) is 3. The van der Waals surface area contributed by atoms with Crippen molar-refractivity contribution in [1.29, 1.82) is 0 Å². The van der Waals surface area contributed by atoms with Crippen LogP contribution in [0.5, 0.6) is 5.75 Å². The van der Waals surface area contributed by atoms with Crippen LogP contribution in [0.1, 0.15) is 108 Å². The van der Waals surface area contributed by atoms with Gasteiger partial charge in [-0.25, -0.2) is 0 Å². The molecule has 3 fully saturated rings. The van der Waals surface area contributed by atoms with E-state index in [0.29, 0.717) is 30.4 Å². The first-order valence-electron chi connectivity index (χ1n) is 32.8. The van der Waals surface area contributed by atoms with Gasteiger partial charge in [0.25, 0.3) is 0 Å². The van der Waals surface area contributed by atoms with E-state index in [1.807, 2.05) is 0 Å². The van der Waals surface area contributed by atoms with E-state index in [-0.39, 0.29) is 87.9 Å². The normalized spacial score (nSPS) is 24.4. The third kappa shape index (κ3) is 28.1. The molecule has 3 saturated heterocycles. The fraction of sp³-hybridized carbons (Fsp3) is 0.587. The Labute approximate surface area is 585 Å². The first-order valence-corrected chi connectivity index (χ1v) is 35.3. The Morgan fingerprint density at radius 2 is 1.30 bits per heavy atom. The van der Waals surface area contributed by atoms with Gasteiger partial charge in [-0.15, -0.1) is 0 Å². The molecule has 2 aromatic rings. The zero-order chi connectivity index (χ0) is 73.4. The molecule has 3 unspecified atom stereocenters. The molecule has 552 valence electrons. The number of guanidine groups is 1. The summed E-state index contributed by atoms with van der Waals surface area (Å²) in [4.78, 5) is 180. The molecule has 37 heteroatoms. The van der Waals surface area contributed by atoms with Gasteiger partial charge < -0.3 is 111 Å². The van der Waals surface area contributed by atoms with Crippen LogP contribution < -0.4 is 81.7 Å². The number of unbranched alkanes of at least 4 members (excludes halogenated alkanes) is 5. The van der Waals surface area contributed by atoms with Gasteiger partial charge in [0.15, 0.2) is 12.2 Å². The molecule has 0 aliphatic carbocycles. The first kappa shape index (κ1) is 82.0. The van der Waals surface area contributed by atoms with Crippen LogP contribution >= 0.6 is 21.6 Å². The molecular weight excluding hydrogens is 1350 g/mol. The Bertz CT molecular complexity index is 3160. The molecule has 0 spiro atoms. The average molecular weight is 1440 g/mol. The van der Waals surface area contributed by atoms with Gasteiger partial charge >= 0.3 is 5.97 Å². The largest absolute Gasteiger partial charge is 0.427 e. The number of nitrogens with one attached hydrogen (secondary N) is 8. The van der Waals surface area contributed by atoms with E-state index in [2.05, 4.69) is 47.5 Å². The highest BCUT2D eigenvalue weighted by Gasteiger charge is 2.46. The zero-order valence-corrected chi connectivity index (χ0v) is 57.1. The number of hydrogen-bond acceptors (Lipinski definition) is 23. The highest BCUT2D eigenvalue weighted by molar-refractivity contribution is 8.76. The number of likely N-dealkylation sites (tertiary alicyclic amines) is 1. The highest BCUT2D eigenvalue weighted by atomic mass is 33.1. The molecule has 0 saturated carbocycles. The Balaban J connectivity index is 1.32. The number of amides is 12. The Kier molecular flexibility index (Phi) is 34.7. The summed E-state index contributed by atoms with van der Waals surface area (Å²) in [5.74, 6) is -11.7. The van der Waals surface area contributed by atoms with Crippen molar-refractivity contribution in [2.24, 2.45) is 39.4 Å². The quantitative estimate of drug-likeness (QED) is 0.00811. The van der Waals surface area contributed by atoms with Crippen LogP contribution in [-0.4, -0.2) is 226 Å².